The highest BCUT2D eigenvalue weighted by Gasteiger charge is 2.32. The van der Waals surface area contributed by atoms with Crippen LogP contribution in [0.1, 0.15) is 5.69 Å². The molecule has 0 radical (unpaired) electrons. The highest BCUT2D eigenvalue weighted by atomic mass is 32.2. The second kappa shape index (κ2) is 7.43. The summed E-state index contributed by atoms with van der Waals surface area (Å²) in [4.78, 5) is 22.1. The first-order chi connectivity index (χ1) is 12.8. The van der Waals surface area contributed by atoms with Crippen molar-refractivity contribution >= 4 is 34.4 Å². The van der Waals surface area contributed by atoms with E-state index in [0.717, 1.165) is 30.1 Å². The zero-order chi connectivity index (χ0) is 19.6. The summed E-state index contributed by atoms with van der Waals surface area (Å²) in [5.74, 6) is -1.07. The van der Waals surface area contributed by atoms with Gasteiger partial charge in [0.25, 0.3) is 0 Å². The predicted molar refractivity (Wildman–Crippen MR) is 91.2 cm³/mol. The van der Waals surface area contributed by atoms with E-state index >= 15 is 0 Å². The minimum atomic E-state index is -4.56. The molecule has 1 aromatic carbocycles. The van der Waals surface area contributed by atoms with E-state index in [1.54, 1.807) is 0 Å². The lowest BCUT2D eigenvalue weighted by Crippen LogP contribution is -2.14. The topological polar surface area (TPSA) is 79.9 Å². The number of carbonyl (C=O) groups excluding carboxylic acids is 1. The van der Waals surface area contributed by atoms with Gasteiger partial charge in [0.1, 0.15) is 11.2 Å². The number of rotatable bonds is 5. The maximum atomic E-state index is 13.6. The number of amides is 1. The van der Waals surface area contributed by atoms with Gasteiger partial charge in [-0.15, -0.1) is 0 Å². The van der Waals surface area contributed by atoms with Crippen LogP contribution in [0, 0.1) is 5.82 Å². The van der Waals surface area contributed by atoms with Gasteiger partial charge in [-0.3, -0.25) is 4.79 Å². The molecule has 3 aromatic rings. The van der Waals surface area contributed by atoms with Gasteiger partial charge < -0.3 is 15.0 Å². The Morgan fingerprint density at radius 2 is 2.11 bits per heavy atom. The van der Waals surface area contributed by atoms with Crippen molar-refractivity contribution in [3.05, 3.63) is 42.0 Å². The molecule has 2 aromatic heterocycles. The van der Waals surface area contributed by atoms with Gasteiger partial charge in [-0.05, 0) is 18.2 Å². The first kappa shape index (κ1) is 19.0. The Balaban J connectivity index is 1.64. The lowest BCUT2D eigenvalue weighted by atomic mass is 10.3. The Kier molecular flexibility index (Phi) is 5.22. The number of methoxy groups -OCH3 is 1. The average molecular weight is 400 g/mol. The number of benzene rings is 1. The van der Waals surface area contributed by atoms with E-state index in [1.165, 1.54) is 19.2 Å². The van der Waals surface area contributed by atoms with Gasteiger partial charge in [0.15, 0.2) is 16.7 Å². The molecule has 0 spiro atoms. The van der Waals surface area contributed by atoms with E-state index in [2.05, 4.69) is 20.3 Å². The van der Waals surface area contributed by atoms with Crippen LogP contribution in [-0.2, 0) is 11.0 Å². The van der Waals surface area contributed by atoms with Crippen molar-refractivity contribution < 1.29 is 27.1 Å². The summed E-state index contributed by atoms with van der Waals surface area (Å²) < 4.78 is 56.4. The predicted octanol–water partition coefficient (Wildman–Crippen LogP) is 3.86. The number of aromatic nitrogens is 3. The number of fused-ring (bicyclic) bond motifs is 1. The van der Waals surface area contributed by atoms with E-state index < -0.39 is 23.6 Å². The molecule has 3 rings (SSSR count). The van der Waals surface area contributed by atoms with Crippen LogP contribution in [0.3, 0.4) is 0 Å². The third-order valence-electron chi connectivity index (χ3n) is 3.41. The van der Waals surface area contributed by atoms with Gasteiger partial charge in [-0.1, -0.05) is 11.8 Å². The molecule has 0 aliphatic heterocycles. The molecule has 0 atom stereocenters. The number of halogens is 4. The Hall–Kier alpha value is -2.82. The molecule has 1 amide bonds. The van der Waals surface area contributed by atoms with E-state index in [0.29, 0.717) is 0 Å². The second-order valence-corrected chi connectivity index (χ2v) is 6.28. The fraction of sp³-hybridized carbons (Fsp3) is 0.188. The van der Waals surface area contributed by atoms with Crippen molar-refractivity contribution in [3.63, 3.8) is 0 Å². The van der Waals surface area contributed by atoms with Crippen LogP contribution < -0.4 is 10.1 Å². The molecule has 2 heterocycles. The monoisotopic (exact) mass is 400 g/mol. The van der Waals surface area contributed by atoms with Crippen molar-refractivity contribution in [1.29, 1.82) is 0 Å². The molecule has 0 aliphatic rings. The minimum Gasteiger partial charge on any atom is -0.494 e. The van der Waals surface area contributed by atoms with E-state index in [9.17, 15) is 22.4 Å². The number of hydrogen-bond acceptors (Lipinski definition) is 5. The number of nitrogens with zero attached hydrogens (tertiary/aromatic N) is 2. The maximum Gasteiger partial charge on any atom is 0.433 e. The van der Waals surface area contributed by atoms with E-state index in [4.69, 9.17) is 4.74 Å². The SMILES string of the molecule is COc1ccc(NC(=O)CSc2nc3cnc(C(F)(F)F)cc3[nH]2)cc1F. The molecule has 27 heavy (non-hydrogen) atoms. The number of nitrogens with one attached hydrogen (secondary N) is 2. The van der Waals surface area contributed by atoms with E-state index in [1.807, 2.05) is 0 Å². The molecule has 0 aliphatic carbocycles. The van der Waals surface area contributed by atoms with Gasteiger partial charge in [0, 0.05) is 11.8 Å². The zero-order valence-corrected chi connectivity index (χ0v) is 14.5. The zero-order valence-electron chi connectivity index (χ0n) is 13.7. The number of hydrogen-bond donors (Lipinski definition) is 2. The Morgan fingerprint density at radius 3 is 2.78 bits per heavy atom. The largest absolute Gasteiger partial charge is 0.494 e. The summed E-state index contributed by atoms with van der Waals surface area (Å²) >= 11 is 0.993. The van der Waals surface area contributed by atoms with Gasteiger partial charge in [0.2, 0.25) is 5.91 Å². The number of H-pyrrole nitrogens is 1. The lowest BCUT2D eigenvalue weighted by molar-refractivity contribution is -0.141. The van der Waals surface area contributed by atoms with Crippen LogP contribution in [0.5, 0.6) is 5.75 Å². The number of alkyl halides is 3. The number of anilines is 1. The molecule has 2 N–H and O–H groups in total. The number of imidazole rings is 1. The van der Waals surface area contributed by atoms with Crippen LogP contribution >= 0.6 is 11.8 Å². The standard InChI is InChI=1S/C16H12F4N4O2S/c1-26-12-3-2-8(4-9(12)17)22-14(25)7-27-15-23-10-5-13(16(18,19)20)21-6-11(10)24-15/h2-6H,7H2,1H3,(H,22,25)(H,23,24). The first-order valence-corrected chi connectivity index (χ1v) is 8.44. The molecular formula is C16H12F4N4O2S. The summed E-state index contributed by atoms with van der Waals surface area (Å²) in [5.41, 5.74) is -0.363. The average Bonchev–Trinajstić information content (AvgIpc) is 3.01. The molecule has 0 bridgehead atoms. The smallest absolute Gasteiger partial charge is 0.433 e. The van der Waals surface area contributed by atoms with Crippen molar-refractivity contribution in [3.8, 4) is 5.75 Å². The third-order valence-corrected chi connectivity index (χ3v) is 4.29. The molecule has 0 unspecified atom stereocenters. The number of carbonyl (C=O) groups is 1. The van der Waals surface area contributed by atoms with Gasteiger partial charge in [0.05, 0.1) is 24.6 Å². The summed E-state index contributed by atoms with van der Waals surface area (Å²) in [7, 11) is 1.33. The first-order valence-electron chi connectivity index (χ1n) is 7.45. The van der Waals surface area contributed by atoms with Gasteiger partial charge in [-0.2, -0.15) is 13.2 Å². The van der Waals surface area contributed by atoms with Crippen molar-refractivity contribution in [2.24, 2.45) is 0 Å². The highest BCUT2D eigenvalue weighted by molar-refractivity contribution is 7.99. The Morgan fingerprint density at radius 1 is 1.33 bits per heavy atom. The number of thioether (sulfide) groups is 1. The normalized spacial score (nSPS) is 11.6. The molecule has 0 saturated heterocycles. The van der Waals surface area contributed by atoms with Crippen LogP contribution in [0.25, 0.3) is 11.0 Å². The third kappa shape index (κ3) is 4.48. The Labute approximate surface area is 154 Å². The number of aromatic amines is 1. The van der Waals surface area contributed by atoms with Gasteiger partial charge >= 0.3 is 6.18 Å². The quantitative estimate of drug-likeness (QED) is 0.502. The van der Waals surface area contributed by atoms with Crippen LogP contribution in [0.2, 0.25) is 0 Å². The van der Waals surface area contributed by atoms with Crippen molar-refractivity contribution in [1.82, 2.24) is 15.0 Å². The summed E-state index contributed by atoms with van der Waals surface area (Å²) in [6, 6.07) is 4.83. The molecule has 142 valence electrons. The number of ether oxygens (including phenoxy) is 1. The Bertz CT molecular complexity index is 990. The minimum absolute atomic E-state index is 0.0523. The second-order valence-electron chi connectivity index (χ2n) is 5.31. The van der Waals surface area contributed by atoms with Crippen LogP contribution in [0.15, 0.2) is 35.6 Å². The van der Waals surface area contributed by atoms with Gasteiger partial charge in [-0.25, -0.2) is 14.4 Å². The molecule has 6 nitrogen and oxygen atoms in total. The maximum absolute atomic E-state index is 13.6. The molecular weight excluding hydrogens is 388 g/mol. The fourth-order valence-electron chi connectivity index (χ4n) is 2.19. The molecule has 11 heteroatoms. The molecule has 0 saturated carbocycles. The summed E-state index contributed by atoms with van der Waals surface area (Å²) in [6.07, 6.45) is -3.54. The lowest BCUT2D eigenvalue weighted by Gasteiger charge is -2.06. The van der Waals surface area contributed by atoms with Crippen LogP contribution in [-0.4, -0.2) is 33.7 Å². The summed E-state index contributed by atoms with van der Waals surface area (Å²) in [5, 5.41) is 2.77. The van der Waals surface area contributed by atoms with Crippen LogP contribution in [0.4, 0.5) is 23.2 Å². The fourth-order valence-corrected chi connectivity index (χ4v) is 2.87. The van der Waals surface area contributed by atoms with Crippen molar-refractivity contribution in [2.45, 2.75) is 11.3 Å². The summed E-state index contributed by atoms with van der Waals surface area (Å²) in [6.45, 7) is 0. The molecule has 0 fully saturated rings. The highest BCUT2D eigenvalue weighted by Crippen LogP contribution is 2.29. The number of pyridine rings is 1. The van der Waals surface area contributed by atoms with E-state index in [-0.39, 0.29) is 33.4 Å². The van der Waals surface area contributed by atoms with Crippen molar-refractivity contribution in [2.75, 3.05) is 18.2 Å².